The highest BCUT2D eigenvalue weighted by Gasteiger charge is 2.55. The van der Waals surface area contributed by atoms with E-state index in [4.69, 9.17) is 0 Å². The molecule has 38 heavy (non-hydrogen) atoms. The van der Waals surface area contributed by atoms with Crippen LogP contribution >= 0.6 is 0 Å². The van der Waals surface area contributed by atoms with Crippen LogP contribution in [-0.4, -0.2) is 62.4 Å². The minimum Gasteiger partial charge on any atom is -0.477 e. The number of aliphatic carboxylic acids is 3. The maximum Gasteiger partial charge on any atom is 0.362 e. The van der Waals surface area contributed by atoms with E-state index in [1.165, 1.54) is 70.6 Å². The Hall–Kier alpha value is -1.89. The highest BCUT2D eigenvalue weighted by molar-refractivity contribution is 5.78. The summed E-state index contributed by atoms with van der Waals surface area (Å²) >= 11 is 0. The summed E-state index contributed by atoms with van der Waals surface area (Å²) in [6, 6.07) is -3.19. The quantitative estimate of drug-likeness (QED) is 0.0586. The fourth-order valence-corrected chi connectivity index (χ4v) is 6.09. The maximum atomic E-state index is 12.2. The lowest BCUT2D eigenvalue weighted by molar-refractivity contribution is -0.973. The van der Waals surface area contributed by atoms with Gasteiger partial charge in [-0.2, -0.15) is 0 Å². The van der Waals surface area contributed by atoms with Crippen LogP contribution in [0.2, 0.25) is 0 Å². The largest absolute Gasteiger partial charge is 0.477 e. The Balaban J connectivity index is 4.67. The second kappa shape index (κ2) is 22.0. The first-order valence-electron chi connectivity index (χ1n) is 15.4. The Labute approximate surface area is 232 Å². The molecular weight excluding hydrogens is 482 g/mol. The third kappa shape index (κ3) is 12.8. The zero-order valence-corrected chi connectivity index (χ0v) is 24.8. The summed E-state index contributed by atoms with van der Waals surface area (Å²) in [6.07, 6.45) is 22.6. The summed E-state index contributed by atoms with van der Waals surface area (Å²) in [5, 5.41) is 30.0. The average Bonchev–Trinajstić information content (AvgIpc) is 2.86. The van der Waals surface area contributed by atoms with Crippen LogP contribution in [0.15, 0.2) is 12.2 Å². The van der Waals surface area contributed by atoms with Gasteiger partial charge in [0, 0.05) is 19.3 Å². The molecule has 0 rings (SSSR count). The Kier molecular flexibility index (Phi) is 20.9. The van der Waals surface area contributed by atoms with E-state index in [0.29, 0.717) is 6.42 Å². The minimum absolute atomic E-state index is 0.192. The van der Waals surface area contributed by atoms with Crippen molar-refractivity contribution in [2.75, 3.05) is 6.54 Å². The van der Waals surface area contributed by atoms with E-state index in [1.807, 2.05) is 0 Å². The number of allylic oxidation sites excluding steroid dienone is 2. The summed E-state index contributed by atoms with van der Waals surface area (Å²) in [5.74, 6) is -3.35. The smallest absolute Gasteiger partial charge is 0.362 e. The first-order valence-corrected chi connectivity index (χ1v) is 15.4. The summed E-state index contributed by atoms with van der Waals surface area (Å²) in [7, 11) is 0. The fraction of sp³-hybridized carbons (Fsp3) is 0.839. The van der Waals surface area contributed by atoms with E-state index in [0.717, 1.165) is 19.3 Å². The Morgan fingerprint density at radius 1 is 0.526 bits per heavy atom. The van der Waals surface area contributed by atoms with Crippen molar-refractivity contribution in [3.8, 4) is 0 Å². The Morgan fingerprint density at radius 3 is 1.16 bits per heavy atom. The SMILES string of the molecule is CCCCCC/C=C/CCCCCCCCCCC[N+](C(CC)C(=O)O)(C(CC)C(=O)O)C(CC)C(=O)O. The molecule has 0 aromatic heterocycles. The van der Waals surface area contributed by atoms with E-state index in [-0.39, 0.29) is 25.8 Å². The van der Waals surface area contributed by atoms with Gasteiger partial charge in [-0.25, -0.2) is 14.4 Å². The highest BCUT2D eigenvalue weighted by Crippen LogP contribution is 2.32. The number of carboxylic acids is 3. The molecule has 222 valence electrons. The first-order chi connectivity index (χ1) is 18.2. The van der Waals surface area contributed by atoms with Crippen molar-refractivity contribution in [3.05, 3.63) is 12.2 Å². The molecule has 7 heteroatoms. The van der Waals surface area contributed by atoms with Crippen LogP contribution < -0.4 is 0 Å². The zero-order valence-electron chi connectivity index (χ0n) is 24.8. The number of carbonyl (C=O) groups is 3. The monoisotopic (exact) mass is 540 g/mol. The average molecular weight is 541 g/mol. The normalized spacial score (nSPS) is 15.7. The Bertz CT molecular complexity index is 622. The van der Waals surface area contributed by atoms with Crippen molar-refractivity contribution >= 4 is 17.9 Å². The van der Waals surface area contributed by atoms with Crippen molar-refractivity contribution in [2.45, 2.75) is 161 Å². The third-order valence-corrected chi connectivity index (χ3v) is 8.06. The van der Waals surface area contributed by atoms with Gasteiger partial charge >= 0.3 is 17.9 Å². The van der Waals surface area contributed by atoms with Crippen LogP contribution in [0.4, 0.5) is 0 Å². The van der Waals surface area contributed by atoms with Crippen LogP contribution in [-0.2, 0) is 14.4 Å². The highest BCUT2D eigenvalue weighted by atomic mass is 16.4. The van der Waals surface area contributed by atoms with Gasteiger partial charge in [-0.3, -0.25) is 4.48 Å². The predicted octanol–water partition coefficient (Wildman–Crippen LogP) is 7.82. The van der Waals surface area contributed by atoms with Crippen LogP contribution in [0.1, 0.15) is 143 Å². The molecule has 0 bridgehead atoms. The lowest BCUT2D eigenvalue weighted by atomic mass is 9.93. The van der Waals surface area contributed by atoms with Gasteiger partial charge in [0.15, 0.2) is 18.1 Å². The lowest BCUT2D eigenvalue weighted by Gasteiger charge is -2.49. The molecule has 0 aliphatic rings. The number of rotatable bonds is 26. The Morgan fingerprint density at radius 2 is 0.842 bits per heavy atom. The molecule has 0 heterocycles. The minimum atomic E-state index is -1.12. The summed E-state index contributed by atoms with van der Waals surface area (Å²) in [5.41, 5.74) is 0. The van der Waals surface area contributed by atoms with Crippen LogP contribution in [0.3, 0.4) is 0 Å². The number of nitrogens with zero attached hydrogens (tertiary/aromatic N) is 1. The van der Waals surface area contributed by atoms with E-state index < -0.39 is 40.5 Å². The molecule has 0 spiro atoms. The van der Waals surface area contributed by atoms with Gasteiger partial charge in [-0.05, 0) is 38.5 Å². The van der Waals surface area contributed by atoms with Crippen molar-refractivity contribution < 1.29 is 34.2 Å². The molecule has 3 atom stereocenters. The van der Waals surface area contributed by atoms with Gasteiger partial charge in [-0.1, -0.05) is 97.6 Å². The van der Waals surface area contributed by atoms with Gasteiger partial charge in [0.1, 0.15) is 0 Å². The van der Waals surface area contributed by atoms with Crippen LogP contribution in [0, 0.1) is 0 Å². The van der Waals surface area contributed by atoms with Gasteiger partial charge in [0.05, 0.1) is 6.54 Å². The van der Waals surface area contributed by atoms with Gasteiger partial charge in [0.2, 0.25) is 0 Å². The number of quaternary nitrogens is 1. The lowest BCUT2D eigenvalue weighted by Crippen LogP contribution is -2.72. The molecule has 0 aliphatic carbocycles. The van der Waals surface area contributed by atoms with E-state index in [1.54, 1.807) is 20.8 Å². The van der Waals surface area contributed by atoms with Crippen molar-refractivity contribution in [1.29, 1.82) is 0 Å². The van der Waals surface area contributed by atoms with Crippen LogP contribution in [0.25, 0.3) is 0 Å². The van der Waals surface area contributed by atoms with Crippen LogP contribution in [0.5, 0.6) is 0 Å². The van der Waals surface area contributed by atoms with Crippen molar-refractivity contribution in [3.63, 3.8) is 0 Å². The van der Waals surface area contributed by atoms with Gasteiger partial charge in [0.25, 0.3) is 0 Å². The number of hydrogen-bond acceptors (Lipinski definition) is 3. The molecule has 0 aliphatic heterocycles. The number of hydrogen-bond donors (Lipinski definition) is 3. The molecule has 0 radical (unpaired) electrons. The molecule has 0 aromatic rings. The zero-order chi connectivity index (χ0) is 28.8. The van der Waals surface area contributed by atoms with E-state index >= 15 is 0 Å². The molecule has 0 aromatic carbocycles. The third-order valence-electron chi connectivity index (χ3n) is 8.06. The maximum absolute atomic E-state index is 12.2. The molecule has 0 saturated heterocycles. The molecule has 0 amide bonds. The first kappa shape index (κ1) is 36.1. The molecule has 3 N–H and O–H groups in total. The molecule has 3 unspecified atom stereocenters. The van der Waals surface area contributed by atoms with Gasteiger partial charge < -0.3 is 15.3 Å². The fourth-order valence-electron chi connectivity index (χ4n) is 6.09. The molecule has 0 saturated carbocycles. The molecule has 7 nitrogen and oxygen atoms in total. The summed E-state index contributed by atoms with van der Waals surface area (Å²) in [6.45, 7) is 7.62. The molecule has 0 fully saturated rings. The van der Waals surface area contributed by atoms with Gasteiger partial charge in [-0.15, -0.1) is 0 Å². The van der Waals surface area contributed by atoms with E-state index in [2.05, 4.69) is 19.1 Å². The predicted molar refractivity (Wildman–Crippen MR) is 154 cm³/mol. The van der Waals surface area contributed by atoms with E-state index in [9.17, 15) is 29.7 Å². The van der Waals surface area contributed by atoms with Crippen molar-refractivity contribution in [2.24, 2.45) is 0 Å². The summed E-state index contributed by atoms with van der Waals surface area (Å²) in [4.78, 5) is 36.7. The van der Waals surface area contributed by atoms with Crippen molar-refractivity contribution in [1.82, 2.24) is 0 Å². The second-order valence-corrected chi connectivity index (χ2v) is 10.8. The summed E-state index contributed by atoms with van der Waals surface area (Å²) < 4.78 is -0.406. The topological polar surface area (TPSA) is 112 Å². The molecular formula is C31H58NO6+. The number of unbranched alkanes of at least 4 members (excludes halogenated alkanes) is 13. The standard InChI is InChI=1S/C31H57NO6/c1-5-9-10-11-12-13-14-15-16-17-18-19-20-21-22-23-24-25-32(26(6-2)29(33)34,27(7-3)30(35)36)28(8-4)31(37)38/h13-14,26-28H,5-12,15-25H2,1-4H3,(H2-,33,34,35,36,37,38)/p+1/b14-13+. The number of carboxylic acid groups (broad SMARTS) is 3. The second-order valence-electron chi connectivity index (χ2n) is 10.8.